The Balaban J connectivity index is 1.50. The van der Waals surface area contributed by atoms with E-state index in [9.17, 15) is 4.79 Å². The highest BCUT2D eigenvalue weighted by atomic mass is 79.9. The van der Waals surface area contributed by atoms with Crippen molar-refractivity contribution < 1.29 is 9.21 Å². The maximum Gasteiger partial charge on any atom is 0.292 e. The molecule has 0 radical (unpaired) electrons. The molecule has 1 aliphatic heterocycles. The zero-order chi connectivity index (χ0) is 16.5. The highest BCUT2D eigenvalue weighted by Gasteiger charge is 2.15. The van der Waals surface area contributed by atoms with Crippen LogP contribution in [0.1, 0.15) is 23.4 Å². The fraction of sp³-hybridized carbons (Fsp3) is 0.222. The van der Waals surface area contributed by atoms with Gasteiger partial charge in [0, 0.05) is 22.9 Å². The number of pyridine rings is 1. The number of carbonyl (C=O) groups excluding carboxylic acids is 1. The molecule has 3 heterocycles. The molecule has 5 nitrogen and oxygen atoms in total. The molecule has 0 aliphatic carbocycles. The van der Waals surface area contributed by atoms with Crippen LogP contribution in [0.3, 0.4) is 0 Å². The summed E-state index contributed by atoms with van der Waals surface area (Å²) in [6.45, 7) is 2.14. The predicted octanol–water partition coefficient (Wildman–Crippen LogP) is 4.44. The predicted molar refractivity (Wildman–Crippen MR) is 97.6 cm³/mol. The first kappa shape index (κ1) is 15.2. The minimum Gasteiger partial charge on any atom is -0.451 e. The second-order valence-electron chi connectivity index (χ2n) is 5.84. The van der Waals surface area contributed by atoms with Gasteiger partial charge in [0.15, 0.2) is 5.76 Å². The van der Waals surface area contributed by atoms with Crippen LogP contribution in [0.15, 0.2) is 51.5 Å². The molecule has 0 atom stereocenters. The third kappa shape index (κ3) is 3.01. The van der Waals surface area contributed by atoms with Crippen molar-refractivity contribution in [2.45, 2.75) is 12.8 Å². The normalized spacial score (nSPS) is 14.3. The van der Waals surface area contributed by atoms with E-state index in [0.29, 0.717) is 11.4 Å². The van der Waals surface area contributed by atoms with Gasteiger partial charge < -0.3 is 14.6 Å². The summed E-state index contributed by atoms with van der Waals surface area (Å²) in [5.41, 5.74) is 1.78. The van der Waals surface area contributed by atoms with Gasteiger partial charge in [-0.15, -0.1) is 0 Å². The Morgan fingerprint density at radius 3 is 2.75 bits per heavy atom. The average molecular weight is 386 g/mol. The summed E-state index contributed by atoms with van der Waals surface area (Å²) in [6.07, 6.45) is 4.25. The summed E-state index contributed by atoms with van der Waals surface area (Å²) >= 11 is 3.41. The van der Waals surface area contributed by atoms with Crippen LogP contribution in [0, 0.1) is 0 Å². The number of halogens is 1. The maximum absolute atomic E-state index is 12.3. The van der Waals surface area contributed by atoms with Crippen LogP contribution < -0.4 is 10.2 Å². The summed E-state index contributed by atoms with van der Waals surface area (Å²) in [4.78, 5) is 19.0. The van der Waals surface area contributed by atoms with Gasteiger partial charge in [-0.2, -0.15) is 0 Å². The van der Waals surface area contributed by atoms with Crippen molar-refractivity contribution in [3.05, 3.63) is 52.8 Å². The number of carbonyl (C=O) groups is 1. The number of amides is 1. The topological polar surface area (TPSA) is 58.4 Å². The molecule has 1 saturated heterocycles. The quantitative estimate of drug-likeness (QED) is 0.723. The number of hydrogen-bond acceptors (Lipinski definition) is 4. The maximum atomic E-state index is 12.3. The molecular formula is C18H16BrN3O2. The molecule has 1 fully saturated rings. The Labute approximate surface area is 147 Å². The molecule has 0 saturated carbocycles. The van der Waals surface area contributed by atoms with Crippen LogP contribution in [-0.2, 0) is 0 Å². The average Bonchev–Trinajstić information content (AvgIpc) is 3.24. The lowest BCUT2D eigenvalue weighted by Crippen LogP contribution is -2.18. The summed E-state index contributed by atoms with van der Waals surface area (Å²) in [6, 6.07) is 11.2. The van der Waals surface area contributed by atoms with E-state index in [2.05, 4.69) is 31.1 Å². The lowest BCUT2D eigenvalue weighted by Gasteiger charge is -2.17. The van der Waals surface area contributed by atoms with E-state index in [1.54, 1.807) is 12.3 Å². The summed E-state index contributed by atoms with van der Waals surface area (Å²) in [5, 5.41) is 3.66. The molecule has 0 bridgehead atoms. The molecule has 4 rings (SSSR count). The van der Waals surface area contributed by atoms with E-state index in [1.165, 1.54) is 12.8 Å². The molecule has 1 amide bonds. The first-order valence-electron chi connectivity index (χ1n) is 7.90. The van der Waals surface area contributed by atoms with Crippen molar-refractivity contribution in [1.82, 2.24) is 4.98 Å². The Kier molecular flexibility index (Phi) is 3.98. The van der Waals surface area contributed by atoms with Crippen LogP contribution in [0.25, 0.3) is 11.0 Å². The molecule has 1 N–H and O–H groups in total. The molecule has 3 aromatic rings. The number of aromatic nitrogens is 1. The van der Waals surface area contributed by atoms with Crippen LogP contribution in [-0.4, -0.2) is 24.0 Å². The van der Waals surface area contributed by atoms with E-state index in [0.717, 1.165) is 28.6 Å². The van der Waals surface area contributed by atoms with Gasteiger partial charge in [-0.05, 0) is 49.2 Å². The number of hydrogen-bond donors (Lipinski definition) is 1. The first-order valence-corrected chi connectivity index (χ1v) is 8.70. The molecule has 122 valence electrons. The minimum atomic E-state index is -0.302. The molecule has 24 heavy (non-hydrogen) atoms. The molecule has 1 aliphatic rings. The number of nitrogens with zero attached hydrogens (tertiary/aromatic N) is 2. The van der Waals surface area contributed by atoms with Crippen LogP contribution in [0.2, 0.25) is 0 Å². The second kappa shape index (κ2) is 6.28. The Bertz CT molecular complexity index is 883. The lowest BCUT2D eigenvalue weighted by atomic mass is 10.2. The van der Waals surface area contributed by atoms with Crippen molar-refractivity contribution in [2.24, 2.45) is 0 Å². The summed E-state index contributed by atoms with van der Waals surface area (Å²) in [5.74, 6) is 0.488. The van der Waals surface area contributed by atoms with Gasteiger partial charge in [0.05, 0.1) is 11.9 Å². The fourth-order valence-electron chi connectivity index (χ4n) is 2.93. The third-order valence-electron chi connectivity index (χ3n) is 4.16. The van der Waals surface area contributed by atoms with Gasteiger partial charge in [0.25, 0.3) is 5.91 Å². The standard InChI is InChI=1S/C18H16BrN3O2/c19-13-3-5-15-12(9-13)10-16(24-15)18(23)21-17-6-4-14(11-20-17)22-7-1-2-8-22/h3-6,9-11H,1-2,7-8H2,(H,20,21,23). The number of fused-ring (bicyclic) bond motifs is 1. The highest BCUT2D eigenvalue weighted by Crippen LogP contribution is 2.24. The molecule has 0 unspecified atom stereocenters. The van der Waals surface area contributed by atoms with Gasteiger partial charge in [-0.3, -0.25) is 4.79 Å². The van der Waals surface area contributed by atoms with Crippen molar-refractivity contribution in [1.29, 1.82) is 0 Å². The minimum absolute atomic E-state index is 0.272. The molecular weight excluding hydrogens is 370 g/mol. The smallest absolute Gasteiger partial charge is 0.292 e. The van der Waals surface area contributed by atoms with Crippen LogP contribution >= 0.6 is 15.9 Å². The van der Waals surface area contributed by atoms with Gasteiger partial charge in [-0.25, -0.2) is 4.98 Å². The SMILES string of the molecule is O=C(Nc1ccc(N2CCCC2)cn1)c1cc2cc(Br)ccc2o1. The Morgan fingerprint density at radius 1 is 1.17 bits per heavy atom. The van der Waals surface area contributed by atoms with Crippen molar-refractivity contribution >= 4 is 44.3 Å². The summed E-state index contributed by atoms with van der Waals surface area (Å²) in [7, 11) is 0. The molecule has 0 spiro atoms. The Hall–Kier alpha value is -2.34. The highest BCUT2D eigenvalue weighted by molar-refractivity contribution is 9.10. The summed E-state index contributed by atoms with van der Waals surface area (Å²) < 4.78 is 6.54. The van der Waals surface area contributed by atoms with Crippen LogP contribution in [0.5, 0.6) is 0 Å². The number of rotatable bonds is 3. The zero-order valence-electron chi connectivity index (χ0n) is 13.0. The van der Waals surface area contributed by atoms with Crippen LogP contribution in [0.4, 0.5) is 11.5 Å². The number of nitrogens with one attached hydrogen (secondary N) is 1. The second-order valence-corrected chi connectivity index (χ2v) is 6.76. The molecule has 6 heteroatoms. The number of anilines is 2. The fourth-order valence-corrected chi connectivity index (χ4v) is 3.31. The third-order valence-corrected chi connectivity index (χ3v) is 4.66. The largest absolute Gasteiger partial charge is 0.451 e. The van der Waals surface area contributed by atoms with Crippen molar-refractivity contribution in [3.63, 3.8) is 0 Å². The Morgan fingerprint density at radius 2 is 2.00 bits per heavy atom. The van der Waals surface area contributed by atoms with Gasteiger partial charge in [0.1, 0.15) is 11.4 Å². The first-order chi connectivity index (χ1) is 11.7. The van der Waals surface area contributed by atoms with E-state index >= 15 is 0 Å². The number of benzene rings is 1. The van der Waals surface area contributed by atoms with E-state index in [4.69, 9.17) is 4.42 Å². The van der Waals surface area contributed by atoms with E-state index < -0.39 is 0 Å². The monoisotopic (exact) mass is 385 g/mol. The van der Waals surface area contributed by atoms with Crippen molar-refractivity contribution in [3.8, 4) is 0 Å². The number of furan rings is 1. The lowest BCUT2D eigenvalue weighted by molar-refractivity contribution is 0.0998. The van der Waals surface area contributed by atoms with Gasteiger partial charge in [-0.1, -0.05) is 15.9 Å². The molecule has 2 aromatic heterocycles. The van der Waals surface area contributed by atoms with E-state index in [1.807, 2.05) is 30.3 Å². The zero-order valence-corrected chi connectivity index (χ0v) is 14.5. The van der Waals surface area contributed by atoms with Crippen molar-refractivity contribution in [2.75, 3.05) is 23.3 Å². The molecule has 1 aromatic carbocycles. The van der Waals surface area contributed by atoms with E-state index in [-0.39, 0.29) is 11.7 Å². The van der Waals surface area contributed by atoms with Gasteiger partial charge in [0.2, 0.25) is 0 Å². The van der Waals surface area contributed by atoms with Gasteiger partial charge >= 0.3 is 0 Å².